The van der Waals surface area contributed by atoms with Gasteiger partial charge in [-0.25, -0.2) is 0 Å². The van der Waals surface area contributed by atoms with Crippen LogP contribution in [0.1, 0.15) is 30.5 Å². The molecule has 4 heteroatoms. The molecular formula is C17H22N2O2. The van der Waals surface area contributed by atoms with Gasteiger partial charge in [0.1, 0.15) is 0 Å². The van der Waals surface area contributed by atoms with E-state index in [0.717, 1.165) is 23.6 Å². The molecule has 2 aromatic rings. The normalized spacial score (nSPS) is 11.8. The highest BCUT2D eigenvalue weighted by Gasteiger charge is 2.13. The summed E-state index contributed by atoms with van der Waals surface area (Å²) in [5.74, 6) is 1.49. The summed E-state index contributed by atoms with van der Waals surface area (Å²) in [5.41, 5.74) is 3.40. The molecule has 0 bridgehead atoms. The van der Waals surface area contributed by atoms with Gasteiger partial charge in [-0.05, 0) is 42.7 Å². The Labute approximate surface area is 126 Å². The summed E-state index contributed by atoms with van der Waals surface area (Å²) in [6.45, 7) is 4.23. The van der Waals surface area contributed by atoms with Crippen LogP contribution in [0.3, 0.4) is 0 Å². The van der Waals surface area contributed by atoms with Gasteiger partial charge in [0, 0.05) is 6.20 Å². The van der Waals surface area contributed by atoms with Crippen molar-refractivity contribution in [3.8, 4) is 11.5 Å². The van der Waals surface area contributed by atoms with Gasteiger partial charge in [-0.15, -0.1) is 0 Å². The molecule has 1 aromatic carbocycles. The molecule has 0 saturated heterocycles. The molecule has 4 nitrogen and oxygen atoms in total. The second-order valence-corrected chi connectivity index (χ2v) is 4.91. The van der Waals surface area contributed by atoms with Crippen LogP contribution in [0.5, 0.6) is 11.5 Å². The second-order valence-electron chi connectivity index (χ2n) is 4.91. The van der Waals surface area contributed by atoms with E-state index in [0.29, 0.717) is 0 Å². The first kappa shape index (κ1) is 15.2. The first-order valence-corrected chi connectivity index (χ1v) is 7.08. The average molecular weight is 286 g/mol. The van der Waals surface area contributed by atoms with Crippen molar-refractivity contribution < 1.29 is 9.47 Å². The molecule has 0 amide bonds. The summed E-state index contributed by atoms with van der Waals surface area (Å²) < 4.78 is 10.7. The highest BCUT2D eigenvalue weighted by molar-refractivity contribution is 5.51. The van der Waals surface area contributed by atoms with Gasteiger partial charge in [0.2, 0.25) is 0 Å². The molecule has 2 rings (SSSR count). The maximum Gasteiger partial charge on any atom is 0.161 e. The number of nitrogens with zero attached hydrogens (tertiary/aromatic N) is 1. The Kier molecular flexibility index (Phi) is 5.04. The molecular weight excluding hydrogens is 264 g/mol. The SMILES string of the molecule is CCC(Nc1cnccc1C)c1ccc(OC)c(OC)c1. The molecule has 0 radical (unpaired) electrons. The third-order valence-electron chi connectivity index (χ3n) is 3.59. The third kappa shape index (κ3) is 3.45. The van der Waals surface area contributed by atoms with Crippen LogP contribution in [0.15, 0.2) is 36.7 Å². The van der Waals surface area contributed by atoms with Crippen LogP contribution < -0.4 is 14.8 Å². The number of aryl methyl sites for hydroxylation is 1. The predicted molar refractivity (Wildman–Crippen MR) is 85.2 cm³/mol. The number of hydrogen-bond donors (Lipinski definition) is 1. The fraction of sp³-hybridized carbons (Fsp3) is 0.353. The first-order valence-electron chi connectivity index (χ1n) is 7.08. The Balaban J connectivity index is 2.27. The first-order chi connectivity index (χ1) is 10.2. The largest absolute Gasteiger partial charge is 0.493 e. The van der Waals surface area contributed by atoms with Crippen LogP contribution in [0.25, 0.3) is 0 Å². The lowest BCUT2D eigenvalue weighted by Crippen LogP contribution is -2.11. The molecule has 0 fully saturated rings. The van der Waals surface area contributed by atoms with Crippen molar-refractivity contribution >= 4 is 5.69 Å². The molecule has 0 aliphatic carbocycles. The van der Waals surface area contributed by atoms with E-state index < -0.39 is 0 Å². The van der Waals surface area contributed by atoms with Crippen LogP contribution in [0.2, 0.25) is 0 Å². The van der Waals surface area contributed by atoms with E-state index in [-0.39, 0.29) is 6.04 Å². The molecule has 1 heterocycles. The summed E-state index contributed by atoms with van der Waals surface area (Å²) >= 11 is 0. The molecule has 1 aromatic heterocycles. The Morgan fingerprint density at radius 2 is 1.90 bits per heavy atom. The summed E-state index contributed by atoms with van der Waals surface area (Å²) in [4.78, 5) is 4.18. The topological polar surface area (TPSA) is 43.4 Å². The fourth-order valence-electron chi connectivity index (χ4n) is 2.29. The molecule has 0 spiro atoms. The smallest absolute Gasteiger partial charge is 0.161 e. The molecule has 0 aliphatic rings. The minimum atomic E-state index is 0.202. The Hall–Kier alpha value is -2.23. The van der Waals surface area contributed by atoms with Gasteiger partial charge in [-0.1, -0.05) is 13.0 Å². The molecule has 1 atom stereocenters. The Bertz CT molecular complexity index is 599. The molecule has 1 N–H and O–H groups in total. The summed E-state index contributed by atoms with van der Waals surface area (Å²) in [6.07, 6.45) is 4.63. The maximum absolute atomic E-state index is 5.38. The Morgan fingerprint density at radius 3 is 2.52 bits per heavy atom. The van der Waals surface area contributed by atoms with Crippen LogP contribution >= 0.6 is 0 Å². The second kappa shape index (κ2) is 6.97. The van der Waals surface area contributed by atoms with E-state index in [1.165, 1.54) is 11.1 Å². The van der Waals surface area contributed by atoms with Gasteiger partial charge in [-0.3, -0.25) is 4.98 Å². The van der Waals surface area contributed by atoms with E-state index in [4.69, 9.17) is 9.47 Å². The predicted octanol–water partition coefficient (Wildman–Crippen LogP) is 3.97. The van der Waals surface area contributed by atoms with Crippen LogP contribution in [0, 0.1) is 6.92 Å². The van der Waals surface area contributed by atoms with Gasteiger partial charge in [0.25, 0.3) is 0 Å². The quantitative estimate of drug-likeness (QED) is 0.872. The number of methoxy groups -OCH3 is 2. The van der Waals surface area contributed by atoms with Crippen LogP contribution in [-0.2, 0) is 0 Å². The van der Waals surface area contributed by atoms with Crippen molar-refractivity contribution in [3.05, 3.63) is 47.8 Å². The van der Waals surface area contributed by atoms with E-state index in [1.807, 2.05) is 24.4 Å². The molecule has 112 valence electrons. The number of anilines is 1. The highest BCUT2D eigenvalue weighted by Crippen LogP contribution is 2.32. The number of ether oxygens (including phenoxy) is 2. The van der Waals surface area contributed by atoms with E-state index >= 15 is 0 Å². The standard InChI is InChI=1S/C17H22N2O2/c1-5-14(19-15-11-18-9-8-12(15)2)13-6-7-16(20-3)17(10-13)21-4/h6-11,14,19H,5H2,1-4H3. The van der Waals surface area contributed by atoms with Crippen molar-refractivity contribution in [3.63, 3.8) is 0 Å². The number of hydrogen-bond acceptors (Lipinski definition) is 4. The van der Waals surface area contributed by atoms with Crippen molar-refractivity contribution in [1.29, 1.82) is 0 Å². The van der Waals surface area contributed by atoms with Gasteiger partial charge in [0.05, 0.1) is 32.1 Å². The number of rotatable bonds is 6. The maximum atomic E-state index is 5.38. The van der Waals surface area contributed by atoms with E-state index in [1.54, 1.807) is 20.4 Å². The summed E-state index contributed by atoms with van der Waals surface area (Å²) in [5, 5.41) is 3.54. The molecule has 21 heavy (non-hydrogen) atoms. The summed E-state index contributed by atoms with van der Waals surface area (Å²) in [7, 11) is 3.30. The van der Waals surface area contributed by atoms with Crippen molar-refractivity contribution in [1.82, 2.24) is 4.98 Å². The average Bonchev–Trinajstić information content (AvgIpc) is 2.53. The molecule has 0 aliphatic heterocycles. The Morgan fingerprint density at radius 1 is 1.14 bits per heavy atom. The van der Waals surface area contributed by atoms with Crippen LogP contribution in [0.4, 0.5) is 5.69 Å². The van der Waals surface area contributed by atoms with Crippen molar-refractivity contribution in [2.24, 2.45) is 0 Å². The highest BCUT2D eigenvalue weighted by atomic mass is 16.5. The lowest BCUT2D eigenvalue weighted by molar-refractivity contribution is 0.354. The van der Waals surface area contributed by atoms with Gasteiger partial charge in [-0.2, -0.15) is 0 Å². The minimum absolute atomic E-state index is 0.202. The van der Waals surface area contributed by atoms with E-state index in [2.05, 4.69) is 30.2 Å². The zero-order valence-corrected chi connectivity index (χ0v) is 13.0. The van der Waals surface area contributed by atoms with E-state index in [9.17, 15) is 0 Å². The zero-order valence-electron chi connectivity index (χ0n) is 13.0. The van der Waals surface area contributed by atoms with Crippen LogP contribution in [-0.4, -0.2) is 19.2 Å². The van der Waals surface area contributed by atoms with Crippen molar-refractivity contribution in [2.45, 2.75) is 26.3 Å². The lowest BCUT2D eigenvalue weighted by Gasteiger charge is -2.21. The molecule has 1 unspecified atom stereocenters. The molecule has 0 saturated carbocycles. The van der Waals surface area contributed by atoms with Gasteiger partial charge >= 0.3 is 0 Å². The monoisotopic (exact) mass is 286 g/mol. The van der Waals surface area contributed by atoms with Gasteiger partial charge < -0.3 is 14.8 Å². The lowest BCUT2D eigenvalue weighted by atomic mass is 10.0. The number of aromatic nitrogens is 1. The number of benzene rings is 1. The number of pyridine rings is 1. The zero-order chi connectivity index (χ0) is 15.2. The fourth-order valence-corrected chi connectivity index (χ4v) is 2.29. The third-order valence-corrected chi connectivity index (χ3v) is 3.59. The minimum Gasteiger partial charge on any atom is -0.493 e. The van der Waals surface area contributed by atoms with Crippen molar-refractivity contribution in [2.75, 3.05) is 19.5 Å². The summed E-state index contributed by atoms with van der Waals surface area (Å²) in [6, 6.07) is 8.23. The number of nitrogens with one attached hydrogen (secondary N) is 1. The van der Waals surface area contributed by atoms with Gasteiger partial charge in [0.15, 0.2) is 11.5 Å².